The zero-order valence-corrected chi connectivity index (χ0v) is 18.4. The number of hydrazone groups is 1. The summed E-state index contributed by atoms with van der Waals surface area (Å²) in [4.78, 5) is 40.8. The maximum absolute atomic E-state index is 13.0. The van der Waals surface area contributed by atoms with Crippen LogP contribution in [0.5, 0.6) is 0 Å². The van der Waals surface area contributed by atoms with E-state index in [-0.39, 0.29) is 12.3 Å². The van der Waals surface area contributed by atoms with E-state index in [4.69, 9.17) is 4.74 Å². The lowest BCUT2D eigenvalue weighted by atomic mass is 10.2. The molecule has 3 N–H and O–H groups in total. The number of alkyl halides is 3. The van der Waals surface area contributed by atoms with E-state index in [1.54, 1.807) is 13.1 Å². The van der Waals surface area contributed by atoms with Gasteiger partial charge in [-0.3, -0.25) is 14.4 Å². The number of hydrogen-bond donors (Lipinski definition) is 3. The van der Waals surface area contributed by atoms with Crippen molar-refractivity contribution in [1.82, 2.24) is 10.4 Å². The summed E-state index contributed by atoms with van der Waals surface area (Å²) in [7, 11) is 0. The number of para-hydroxylation sites is 1. The van der Waals surface area contributed by atoms with Crippen LogP contribution < -0.4 is 10.7 Å². The van der Waals surface area contributed by atoms with Crippen LogP contribution in [0.4, 0.5) is 18.9 Å². The van der Waals surface area contributed by atoms with Crippen LogP contribution in [0.1, 0.15) is 18.1 Å². The van der Waals surface area contributed by atoms with Gasteiger partial charge in [-0.1, -0.05) is 24.3 Å². The molecule has 2 amide bonds. The molecule has 0 spiro atoms. The van der Waals surface area contributed by atoms with Gasteiger partial charge in [-0.15, -0.1) is 0 Å². The number of H-pyrrole nitrogens is 1. The second-order valence-electron chi connectivity index (χ2n) is 7.92. The van der Waals surface area contributed by atoms with E-state index in [1.807, 2.05) is 24.3 Å². The average molecular weight is 486 g/mol. The van der Waals surface area contributed by atoms with Gasteiger partial charge in [0.25, 0.3) is 0 Å². The smallest absolute Gasteiger partial charge is 0.416 e. The van der Waals surface area contributed by atoms with E-state index in [0.29, 0.717) is 0 Å². The van der Waals surface area contributed by atoms with Crippen molar-refractivity contribution < 1.29 is 32.3 Å². The maximum atomic E-state index is 13.0. The predicted octanol–water partition coefficient (Wildman–Crippen LogP) is 3.70. The Bertz CT molecular complexity index is 1300. The Morgan fingerprint density at radius 3 is 2.54 bits per heavy atom. The number of nitrogens with zero attached hydrogens (tertiary/aromatic N) is 1. The van der Waals surface area contributed by atoms with Crippen molar-refractivity contribution in [2.75, 3.05) is 11.9 Å². The molecule has 0 saturated heterocycles. The fourth-order valence-electron chi connectivity index (χ4n) is 3.93. The number of aromatic amines is 1. The number of fused-ring (bicyclic) bond motifs is 1. The first-order chi connectivity index (χ1) is 16.7. The molecule has 182 valence electrons. The molecule has 3 atom stereocenters. The van der Waals surface area contributed by atoms with Crippen molar-refractivity contribution in [2.24, 2.45) is 22.9 Å². The number of benzene rings is 2. The highest BCUT2D eigenvalue weighted by atomic mass is 19.4. The molecule has 1 aliphatic carbocycles. The number of amides is 2. The van der Waals surface area contributed by atoms with Crippen molar-refractivity contribution in [1.29, 1.82) is 0 Å². The van der Waals surface area contributed by atoms with Gasteiger partial charge in [-0.25, -0.2) is 5.43 Å². The highest BCUT2D eigenvalue weighted by Gasteiger charge is 2.63. The quantitative estimate of drug-likeness (QED) is 0.269. The standard InChI is InChI=1S/C24H21F3N4O4/c1-2-35-23(34)20-18(21(32)30-15-7-5-6-14(10-15)24(25,26)27)19(20)22(33)31-29-12-13-11-28-17-9-4-3-8-16(13)17/h3-12,18-20,28H,2H2,1H3,(H,30,32)(H,31,33)/b29-12+/t18-,19-,20-/m0/s1. The van der Waals surface area contributed by atoms with Gasteiger partial charge in [-0.05, 0) is 31.2 Å². The molecule has 35 heavy (non-hydrogen) atoms. The summed E-state index contributed by atoms with van der Waals surface area (Å²) >= 11 is 0. The fraction of sp³-hybridized carbons (Fsp3) is 0.250. The minimum atomic E-state index is -4.58. The number of esters is 1. The Hall–Kier alpha value is -4.15. The molecule has 11 heteroatoms. The van der Waals surface area contributed by atoms with E-state index in [0.717, 1.165) is 34.7 Å². The predicted molar refractivity (Wildman–Crippen MR) is 121 cm³/mol. The number of carbonyl (C=O) groups excluding carboxylic acids is 3. The third-order valence-electron chi connectivity index (χ3n) is 5.64. The van der Waals surface area contributed by atoms with E-state index < -0.39 is 47.3 Å². The number of rotatable bonds is 7. The van der Waals surface area contributed by atoms with E-state index in [1.165, 1.54) is 12.3 Å². The van der Waals surface area contributed by atoms with Crippen LogP contribution in [0.25, 0.3) is 10.9 Å². The number of hydrogen-bond acceptors (Lipinski definition) is 5. The third kappa shape index (κ3) is 5.18. The van der Waals surface area contributed by atoms with Crippen LogP contribution in [0, 0.1) is 17.8 Å². The molecule has 1 aromatic heterocycles. The Balaban J connectivity index is 1.46. The summed E-state index contributed by atoms with van der Waals surface area (Å²) in [5.74, 6) is -5.42. The second-order valence-corrected chi connectivity index (χ2v) is 7.92. The molecule has 1 aliphatic rings. The van der Waals surface area contributed by atoms with Gasteiger partial charge >= 0.3 is 12.1 Å². The number of aromatic nitrogens is 1. The molecule has 4 rings (SSSR count). The molecule has 1 saturated carbocycles. The van der Waals surface area contributed by atoms with E-state index >= 15 is 0 Å². The van der Waals surface area contributed by atoms with E-state index in [2.05, 4.69) is 20.8 Å². The Morgan fingerprint density at radius 1 is 1.06 bits per heavy atom. The van der Waals surface area contributed by atoms with Crippen LogP contribution in [0.15, 0.2) is 59.8 Å². The van der Waals surface area contributed by atoms with Gasteiger partial charge in [0, 0.05) is 28.4 Å². The maximum Gasteiger partial charge on any atom is 0.416 e. The molecule has 2 aromatic carbocycles. The molecule has 0 aliphatic heterocycles. The molecule has 3 aromatic rings. The normalized spacial score (nSPS) is 19.5. The Labute approximate surface area is 197 Å². The minimum absolute atomic E-state index is 0.0460. The number of nitrogens with one attached hydrogen (secondary N) is 3. The van der Waals surface area contributed by atoms with Gasteiger partial charge in [0.1, 0.15) is 0 Å². The lowest BCUT2D eigenvalue weighted by molar-refractivity contribution is -0.146. The average Bonchev–Trinajstić information content (AvgIpc) is 3.46. The summed E-state index contributed by atoms with van der Waals surface area (Å²) in [6.45, 7) is 1.63. The number of carbonyl (C=O) groups is 3. The zero-order valence-electron chi connectivity index (χ0n) is 18.4. The highest BCUT2D eigenvalue weighted by molar-refractivity contribution is 6.05. The molecule has 0 bridgehead atoms. The third-order valence-corrected chi connectivity index (χ3v) is 5.64. The lowest BCUT2D eigenvalue weighted by Gasteiger charge is -2.10. The van der Waals surface area contributed by atoms with Crippen LogP contribution >= 0.6 is 0 Å². The van der Waals surface area contributed by atoms with Crippen LogP contribution in [-0.2, 0) is 25.3 Å². The summed E-state index contributed by atoms with van der Waals surface area (Å²) in [5, 5.41) is 7.17. The fourth-order valence-corrected chi connectivity index (χ4v) is 3.93. The van der Waals surface area contributed by atoms with Crippen LogP contribution in [-0.4, -0.2) is 35.6 Å². The van der Waals surface area contributed by atoms with Crippen molar-refractivity contribution in [3.63, 3.8) is 0 Å². The molecule has 0 unspecified atom stereocenters. The minimum Gasteiger partial charge on any atom is -0.466 e. The number of anilines is 1. The first kappa shape index (κ1) is 24.0. The molecule has 0 radical (unpaired) electrons. The van der Waals surface area contributed by atoms with Crippen molar-refractivity contribution >= 4 is 40.6 Å². The molecule has 8 nitrogen and oxygen atoms in total. The van der Waals surface area contributed by atoms with Gasteiger partial charge in [0.2, 0.25) is 11.8 Å². The molecular formula is C24H21F3N4O4. The Morgan fingerprint density at radius 2 is 1.80 bits per heavy atom. The lowest BCUT2D eigenvalue weighted by Crippen LogP contribution is -2.24. The number of halogens is 3. The molecule has 1 fully saturated rings. The zero-order chi connectivity index (χ0) is 25.2. The Kier molecular flexibility index (Phi) is 6.59. The summed E-state index contributed by atoms with van der Waals surface area (Å²) < 4.78 is 43.8. The van der Waals surface area contributed by atoms with Gasteiger partial charge < -0.3 is 15.0 Å². The van der Waals surface area contributed by atoms with Crippen molar-refractivity contribution in [2.45, 2.75) is 13.1 Å². The van der Waals surface area contributed by atoms with E-state index in [9.17, 15) is 27.6 Å². The second kappa shape index (κ2) is 9.61. The summed E-state index contributed by atoms with van der Waals surface area (Å²) in [6, 6.07) is 11.6. The van der Waals surface area contributed by atoms with Gasteiger partial charge in [0.15, 0.2) is 0 Å². The molecular weight excluding hydrogens is 465 g/mol. The monoisotopic (exact) mass is 486 g/mol. The van der Waals surface area contributed by atoms with Gasteiger partial charge in [-0.2, -0.15) is 18.3 Å². The first-order valence-electron chi connectivity index (χ1n) is 10.7. The topological polar surface area (TPSA) is 113 Å². The van der Waals surface area contributed by atoms with Crippen LogP contribution in [0.2, 0.25) is 0 Å². The summed E-state index contributed by atoms with van der Waals surface area (Å²) in [6.07, 6.45) is -1.45. The number of ether oxygens (including phenoxy) is 1. The van der Waals surface area contributed by atoms with Crippen molar-refractivity contribution in [3.05, 3.63) is 65.9 Å². The first-order valence-corrected chi connectivity index (χ1v) is 10.7. The van der Waals surface area contributed by atoms with Crippen molar-refractivity contribution in [3.8, 4) is 0 Å². The summed E-state index contributed by atoms with van der Waals surface area (Å²) in [5.41, 5.74) is 2.90. The highest BCUT2D eigenvalue weighted by Crippen LogP contribution is 2.48. The van der Waals surface area contributed by atoms with Crippen LogP contribution in [0.3, 0.4) is 0 Å². The SMILES string of the molecule is CCOC(=O)[C@@H]1[C@@H](C(=O)N/N=C/c2c[nH]c3ccccc23)[C@@H]1C(=O)Nc1cccc(C(F)(F)F)c1. The van der Waals surface area contributed by atoms with Gasteiger partial charge in [0.05, 0.1) is 36.1 Å². The molecule has 1 heterocycles. The largest absolute Gasteiger partial charge is 0.466 e.